The van der Waals surface area contributed by atoms with Gasteiger partial charge in [-0.3, -0.25) is 19.3 Å². The Morgan fingerprint density at radius 2 is 1.29 bits per heavy atom. The summed E-state index contributed by atoms with van der Waals surface area (Å²) in [6.07, 6.45) is 0.549. The number of likely N-dealkylation sites (tertiary alicyclic amines) is 1. The minimum Gasteiger partial charge on any atom is -0.339 e. The highest BCUT2D eigenvalue weighted by atomic mass is 16.2. The lowest BCUT2D eigenvalue weighted by atomic mass is 9.84. The third-order valence-electron chi connectivity index (χ3n) is 5.78. The number of carbonyl (C=O) groups excluding carboxylic acids is 3. The highest BCUT2D eigenvalue weighted by molar-refractivity contribution is 6.01. The van der Waals surface area contributed by atoms with Gasteiger partial charge < -0.3 is 5.32 Å². The van der Waals surface area contributed by atoms with Crippen molar-refractivity contribution >= 4 is 17.7 Å². The van der Waals surface area contributed by atoms with E-state index in [1.165, 1.54) is 4.90 Å². The van der Waals surface area contributed by atoms with Crippen LogP contribution in [-0.4, -0.2) is 22.6 Å². The fraction of sp³-hybridized carbons (Fsp3) is 0.192. The Morgan fingerprint density at radius 1 is 0.806 bits per heavy atom. The van der Waals surface area contributed by atoms with Crippen molar-refractivity contribution in [2.45, 2.75) is 31.8 Å². The summed E-state index contributed by atoms with van der Waals surface area (Å²) in [4.78, 5) is 38.1. The van der Waals surface area contributed by atoms with Gasteiger partial charge in [0.1, 0.15) is 0 Å². The first-order chi connectivity index (χ1) is 15.0. The molecule has 31 heavy (non-hydrogen) atoms. The van der Waals surface area contributed by atoms with Gasteiger partial charge in [0.05, 0.1) is 12.1 Å². The van der Waals surface area contributed by atoms with Gasteiger partial charge in [-0.25, -0.2) is 0 Å². The number of imide groups is 1. The van der Waals surface area contributed by atoms with E-state index in [2.05, 4.69) is 5.32 Å². The summed E-state index contributed by atoms with van der Waals surface area (Å²) >= 11 is 0. The van der Waals surface area contributed by atoms with Gasteiger partial charge in [0.15, 0.2) is 0 Å². The zero-order chi connectivity index (χ0) is 21.8. The van der Waals surface area contributed by atoms with Crippen LogP contribution in [0.5, 0.6) is 0 Å². The monoisotopic (exact) mass is 412 g/mol. The molecule has 0 bridgehead atoms. The second kappa shape index (κ2) is 8.56. The molecule has 1 fully saturated rings. The second-order valence-electron chi connectivity index (χ2n) is 7.88. The van der Waals surface area contributed by atoms with Crippen molar-refractivity contribution in [3.63, 3.8) is 0 Å². The molecule has 1 aliphatic heterocycles. The standard InChI is InChI=1S/C26H24N2O3/c1-26(21-8-4-2-5-9-21,22-10-6-3-7-11-22)27-25(31)20-14-12-19(13-15-20)18-28-23(29)16-17-24(28)30/h2-15H,16-18H2,1H3,(H,27,31). The highest BCUT2D eigenvalue weighted by Gasteiger charge is 2.31. The van der Waals surface area contributed by atoms with Gasteiger partial charge in [0.2, 0.25) is 11.8 Å². The molecule has 156 valence electrons. The normalized spacial score (nSPS) is 14.0. The third-order valence-corrected chi connectivity index (χ3v) is 5.78. The Kier molecular flexibility index (Phi) is 5.67. The summed E-state index contributed by atoms with van der Waals surface area (Å²) in [5.41, 5.74) is 2.59. The van der Waals surface area contributed by atoms with Crippen LogP contribution in [0.2, 0.25) is 0 Å². The largest absolute Gasteiger partial charge is 0.339 e. The van der Waals surface area contributed by atoms with Crippen LogP contribution in [0.1, 0.15) is 46.8 Å². The van der Waals surface area contributed by atoms with Gasteiger partial charge in [0, 0.05) is 18.4 Å². The van der Waals surface area contributed by atoms with E-state index in [0.29, 0.717) is 5.56 Å². The lowest BCUT2D eigenvalue weighted by Gasteiger charge is -2.32. The molecule has 3 amide bonds. The van der Waals surface area contributed by atoms with Crippen molar-refractivity contribution in [3.05, 3.63) is 107 Å². The lowest BCUT2D eigenvalue weighted by molar-refractivity contribution is -0.139. The number of hydrogen-bond acceptors (Lipinski definition) is 3. The molecule has 1 heterocycles. The SMILES string of the molecule is CC(NC(=O)c1ccc(CN2C(=O)CCC2=O)cc1)(c1ccccc1)c1ccccc1. The Labute approximate surface area is 181 Å². The molecule has 3 aromatic rings. The second-order valence-corrected chi connectivity index (χ2v) is 7.88. The number of nitrogens with zero attached hydrogens (tertiary/aromatic N) is 1. The molecule has 0 aromatic heterocycles. The topological polar surface area (TPSA) is 66.5 Å². The van der Waals surface area contributed by atoms with Gasteiger partial charge >= 0.3 is 0 Å². The van der Waals surface area contributed by atoms with Crippen LogP contribution >= 0.6 is 0 Å². The van der Waals surface area contributed by atoms with E-state index in [9.17, 15) is 14.4 Å². The van der Waals surface area contributed by atoms with Crippen molar-refractivity contribution in [1.82, 2.24) is 10.2 Å². The molecule has 0 radical (unpaired) electrons. The molecule has 4 rings (SSSR count). The van der Waals surface area contributed by atoms with Crippen molar-refractivity contribution < 1.29 is 14.4 Å². The average Bonchev–Trinajstić information content (AvgIpc) is 3.12. The molecule has 5 heteroatoms. The molecule has 0 spiro atoms. The summed E-state index contributed by atoms with van der Waals surface area (Å²) < 4.78 is 0. The van der Waals surface area contributed by atoms with Gasteiger partial charge in [-0.15, -0.1) is 0 Å². The lowest BCUT2D eigenvalue weighted by Crippen LogP contribution is -2.44. The number of carbonyl (C=O) groups is 3. The van der Waals surface area contributed by atoms with E-state index in [4.69, 9.17) is 0 Å². The predicted molar refractivity (Wildman–Crippen MR) is 118 cm³/mol. The summed E-state index contributed by atoms with van der Waals surface area (Å²) in [5, 5.41) is 3.19. The fourth-order valence-corrected chi connectivity index (χ4v) is 3.90. The average molecular weight is 412 g/mol. The Balaban J connectivity index is 1.55. The van der Waals surface area contributed by atoms with Crippen LogP contribution in [0, 0.1) is 0 Å². The van der Waals surface area contributed by atoms with Gasteiger partial charge in [-0.1, -0.05) is 72.8 Å². The molecular formula is C26H24N2O3. The number of hydrogen-bond donors (Lipinski definition) is 1. The predicted octanol–water partition coefficient (Wildman–Crippen LogP) is 4.03. The number of benzene rings is 3. The van der Waals surface area contributed by atoms with E-state index < -0.39 is 5.54 Å². The first kappa shape index (κ1) is 20.5. The van der Waals surface area contributed by atoms with Crippen molar-refractivity contribution in [2.75, 3.05) is 0 Å². The van der Waals surface area contributed by atoms with Crippen LogP contribution in [-0.2, 0) is 21.7 Å². The zero-order valence-corrected chi connectivity index (χ0v) is 17.4. The fourth-order valence-electron chi connectivity index (χ4n) is 3.90. The van der Waals surface area contributed by atoms with Crippen LogP contribution in [0.15, 0.2) is 84.9 Å². The Hall–Kier alpha value is -3.73. The molecule has 0 unspecified atom stereocenters. The molecule has 1 N–H and O–H groups in total. The smallest absolute Gasteiger partial charge is 0.252 e. The number of amides is 3. The van der Waals surface area contributed by atoms with Crippen molar-refractivity contribution in [3.8, 4) is 0 Å². The molecule has 3 aromatic carbocycles. The summed E-state index contributed by atoms with van der Waals surface area (Å²) in [6.45, 7) is 2.24. The van der Waals surface area contributed by atoms with E-state index >= 15 is 0 Å². The van der Waals surface area contributed by atoms with Gasteiger partial charge in [-0.2, -0.15) is 0 Å². The molecule has 0 saturated carbocycles. The molecule has 5 nitrogen and oxygen atoms in total. The van der Waals surface area contributed by atoms with Crippen molar-refractivity contribution in [2.24, 2.45) is 0 Å². The van der Waals surface area contributed by atoms with E-state index in [1.807, 2.05) is 67.6 Å². The van der Waals surface area contributed by atoms with Crippen molar-refractivity contribution in [1.29, 1.82) is 0 Å². The molecule has 0 aliphatic carbocycles. The quantitative estimate of drug-likeness (QED) is 0.622. The van der Waals surface area contributed by atoms with E-state index in [1.54, 1.807) is 24.3 Å². The Morgan fingerprint density at radius 3 is 1.77 bits per heavy atom. The van der Waals surface area contributed by atoms with Gasteiger partial charge in [-0.05, 0) is 35.7 Å². The highest BCUT2D eigenvalue weighted by Crippen LogP contribution is 2.29. The maximum absolute atomic E-state index is 13.1. The number of nitrogens with one attached hydrogen (secondary N) is 1. The van der Waals surface area contributed by atoms with Crippen LogP contribution in [0.4, 0.5) is 0 Å². The van der Waals surface area contributed by atoms with Crippen LogP contribution < -0.4 is 5.32 Å². The van der Waals surface area contributed by atoms with Crippen LogP contribution in [0.25, 0.3) is 0 Å². The zero-order valence-electron chi connectivity index (χ0n) is 17.4. The molecular weight excluding hydrogens is 388 g/mol. The first-order valence-corrected chi connectivity index (χ1v) is 10.3. The maximum Gasteiger partial charge on any atom is 0.252 e. The summed E-state index contributed by atoms with van der Waals surface area (Å²) in [5.74, 6) is -0.489. The molecule has 1 saturated heterocycles. The molecule has 0 atom stereocenters. The third kappa shape index (κ3) is 4.26. The van der Waals surface area contributed by atoms with Gasteiger partial charge in [0.25, 0.3) is 5.91 Å². The minimum atomic E-state index is -0.702. The van der Waals surface area contributed by atoms with E-state index in [0.717, 1.165) is 16.7 Å². The van der Waals surface area contributed by atoms with E-state index in [-0.39, 0.29) is 37.1 Å². The summed E-state index contributed by atoms with van der Waals surface area (Å²) in [6, 6.07) is 26.8. The Bertz CT molecular complexity index is 1040. The summed E-state index contributed by atoms with van der Waals surface area (Å²) in [7, 11) is 0. The maximum atomic E-state index is 13.1. The first-order valence-electron chi connectivity index (χ1n) is 10.3. The minimum absolute atomic E-state index is 0.145. The molecule has 1 aliphatic rings. The number of rotatable bonds is 6. The van der Waals surface area contributed by atoms with Crippen LogP contribution in [0.3, 0.4) is 0 Å².